The maximum absolute atomic E-state index is 9.44. The van der Waals surface area contributed by atoms with Crippen molar-refractivity contribution >= 4 is 20.8 Å². The Labute approximate surface area is 87.2 Å². The molecule has 11 heteroatoms. The SMILES string of the molecule is CC(CO)CO.O=S(=O)(O)OS(=O)(=O)O. The molecule has 0 aliphatic rings. The summed E-state index contributed by atoms with van der Waals surface area (Å²) in [6.45, 7) is 1.94. The predicted molar refractivity (Wildman–Crippen MR) is 47.5 cm³/mol. The van der Waals surface area contributed by atoms with Gasteiger partial charge in [0.25, 0.3) is 0 Å². The van der Waals surface area contributed by atoms with Crippen LogP contribution < -0.4 is 0 Å². The van der Waals surface area contributed by atoms with Gasteiger partial charge in [0.05, 0.1) is 0 Å². The zero-order valence-electron chi connectivity index (χ0n) is 7.64. The Bertz CT molecular complexity index is 306. The molecule has 0 radical (unpaired) electrons. The molecule has 0 aromatic carbocycles. The molecule has 0 saturated heterocycles. The molecular formula is C4H12O9S2. The van der Waals surface area contributed by atoms with Gasteiger partial charge in [-0.05, 0) is 0 Å². The van der Waals surface area contributed by atoms with Crippen LogP contribution >= 0.6 is 0 Å². The van der Waals surface area contributed by atoms with E-state index in [2.05, 4.69) is 3.63 Å². The summed E-state index contributed by atoms with van der Waals surface area (Å²) >= 11 is 0. The molecule has 0 heterocycles. The van der Waals surface area contributed by atoms with Gasteiger partial charge in [-0.25, -0.2) is 0 Å². The van der Waals surface area contributed by atoms with E-state index in [1.807, 2.05) is 0 Å². The summed E-state index contributed by atoms with van der Waals surface area (Å²) in [4.78, 5) is 0. The van der Waals surface area contributed by atoms with E-state index >= 15 is 0 Å². The van der Waals surface area contributed by atoms with Crippen LogP contribution in [0.5, 0.6) is 0 Å². The summed E-state index contributed by atoms with van der Waals surface area (Å²) in [5.41, 5.74) is 0. The quantitative estimate of drug-likeness (QED) is 0.432. The van der Waals surface area contributed by atoms with Crippen molar-refractivity contribution in [1.82, 2.24) is 0 Å². The first kappa shape index (κ1) is 17.1. The molecule has 0 fully saturated rings. The summed E-state index contributed by atoms with van der Waals surface area (Å²) in [6, 6.07) is 0. The summed E-state index contributed by atoms with van der Waals surface area (Å²) in [5.74, 6) is 0.0463. The lowest BCUT2D eigenvalue weighted by atomic mass is 10.2. The van der Waals surface area contributed by atoms with Crippen LogP contribution in [0.15, 0.2) is 0 Å². The van der Waals surface area contributed by atoms with Gasteiger partial charge in [-0.3, -0.25) is 9.11 Å². The normalized spacial score (nSPS) is 12.1. The molecule has 0 aromatic rings. The van der Waals surface area contributed by atoms with E-state index < -0.39 is 20.8 Å². The van der Waals surface area contributed by atoms with E-state index in [0.29, 0.717) is 0 Å². The number of hydrogen-bond donors (Lipinski definition) is 4. The summed E-state index contributed by atoms with van der Waals surface area (Å²) in [5, 5.41) is 16.3. The maximum atomic E-state index is 9.44. The van der Waals surface area contributed by atoms with Crippen LogP contribution in [-0.4, -0.2) is 49.4 Å². The lowest BCUT2D eigenvalue weighted by molar-refractivity contribution is 0.162. The Kier molecular flexibility index (Phi) is 8.04. The van der Waals surface area contributed by atoms with E-state index in [1.54, 1.807) is 6.92 Å². The van der Waals surface area contributed by atoms with Crippen molar-refractivity contribution in [1.29, 1.82) is 0 Å². The van der Waals surface area contributed by atoms with Crippen LogP contribution in [0, 0.1) is 5.92 Å². The Balaban J connectivity index is 0. The third-order valence-corrected chi connectivity index (χ3v) is 2.17. The van der Waals surface area contributed by atoms with Gasteiger partial charge >= 0.3 is 20.8 Å². The van der Waals surface area contributed by atoms with E-state index in [1.165, 1.54) is 0 Å². The fourth-order valence-corrected chi connectivity index (χ4v) is 1.04. The first-order valence-electron chi connectivity index (χ1n) is 3.39. The van der Waals surface area contributed by atoms with Gasteiger partial charge in [-0.15, -0.1) is 3.63 Å². The minimum atomic E-state index is -5.12. The number of rotatable bonds is 4. The van der Waals surface area contributed by atoms with Crippen LogP contribution in [0.2, 0.25) is 0 Å². The fraction of sp³-hybridized carbons (Fsp3) is 1.00. The smallest absolute Gasteiger partial charge is 0.396 e. The van der Waals surface area contributed by atoms with Crippen LogP contribution in [0.25, 0.3) is 0 Å². The highest BCUT2D eigenvalue weighted by molar-refractivity contribution is 7.94. The molecule has 9 nitrogen and oxygen atoms in total. The summed E-state index contributed by atoms with van der Waals surface area (Å²) in [6.07, 6.45) is 0. The molecule has 0 aliphatic carbocycles. The second-order valence-corrected chi connectivity index (χ2v) is 4.65. The Hall–Kier alpha value is -0.300. The average Bonchev–Trinajstić information content (AvgIpc) is 1.97. The monoisotopic (exact) mass is 268 g/mol. The molecule has 0 atom stereocenters. The molecule has 15 heavy (non-hydrogen) atoms. The van der Waals surface area contributed by atoms with Crippen molar-refractivity contribution < 1.29 is 39.8 Å². The van der Waals surface area contributed by atoms with Crippen molar-refractivity contribution in [3.8, 4) is 0 Å². The number of aliphatic hydroxyl groups excluding tert-OH is 2. The van der Waals surface area contributed by atoms with Crippen molar-refractivity contribution in [2.75, 3.05) is 13.2 Å². The molecule has 0 rings (SSSR count). The molecule has 0 bridgehead atoms. The van der Waals surface area contributed by atoms with Gasteiger partial charge in [0.1, 0.15) is 0 Å². The molecule has 94 valence electrons. The largest absolute Gasteiger partial charge is 0.413 e. The van der Waals surface area contributed by atoms with E-state index in [4.69, 9.17) is 19.3 Å². The molecule has 0 unspecified atom stereocenters. The summed E-state index contributed by atoms with van der Waals surface area (Å²) < 4.78 is 55.6. The third kappa shape index (κ3) is 19.9. The van der Waals surface area contributed by atoms with E-state index in [-0.39, 0.29) is 19.1 Å². The first-order chi connectivity index (χ1) is 6.52. The van der Waals surface area contributed by atoms with Crippen LogP contribution in [-0.2, 0) is 24.4 Å². The summed E-state index contributed by atoms with van der Waals surface area (Å²) in [7, 11) is -10.2. The highest BCUT2D eigenvalue weighted by Crippen LogP contribution is 1.91. The van der Waals surface area contributed by atoms with Crippen molar-refractivity contribution in [2.24, 2.45) is 5.92 Å². The Morgan fingerprint density at radius 1 is 1.00 bits per heavy atom. The molecule has 4 N–H and O–H groups in total. The van der Waals surface area contributed by atoms with Gasteiger partial charge in [0, 0.05) is 19.1 Å². The second-order valence-electron chi connectivity index (χ2n) is 2.39. The molecule has 0 saturated carbocycles. The van der Waals surface area contributed by atoms with Crippen LogP contribution in [0.1, 0.15) is 6.92 Å². The predicted octanol–water partition coefficient (Wildman–Crippen LogP) is -1.78. The Morgan fingerprint density at radius 3 is 1.27 bits per heavy atom. The zero-order chi connectivity index (χ0) is 12.7. The Morgan fingerprint density at radius 2 is 1.27 bits per heavy atom. The van der Waals surface area contributed by atoms with E-state index in [0.717, 1.165) is 0 Å². The fourth-order valence-electron chi connectivity index (χ4n) is 0.166. The minimum absolute atomic E-state index is 0.0463. The molecule has 0 aromatic heterocycles. The van der Waals surface area contributed by atoms with Gasteiger partial charge < -0.3 is 10.2 Å². The van der Waals surface area contributed by atoms with Crippen molar-refractivity contribution in [2.45, 2.75) is 6.92 Å². The third-order valence-electron chi connectivity index (χ3n) is 0.795. The highest BCUT2D eigenvalue weighted by Gasteiger charge is 2.15. The average molecular weight is 268 g/mol. The van der Waals surface area contributed by atoms with E-state index in [9.17, 15) is 16.8 Å². The second kappa shape index (κ2) is 7.05. The lowest BCUT2D eigenvalue weighted by Crippen LogP contribution is -2.10. The van der Waals surface area contributed by atoms with Crippen LogP contribution in [0.4, 0.5) is 0 Å². The maximum Gasteiger partial charge on any atom is 0.413 e. The topological polar surface area (TPSA) is 158 Å². The van der Waals surface area contributed by atoms with Gasteiger partial charge in [0.15, 0.2) is 0 Å². The molecule has 0 aliphatic heterocycles. The lowest BCUT2D eigenvalue weighted by Gasteiger charge is -1.97. The van der Waals surface area contributed by atoms with Gasteiger partial charge in [0.2, 0.25) is 0 Å². The van der Waals surface area contributed by atoms with Gasteiger partial charge in [-0.2, -0.15) is 16.8 Å². The number of hydrogen-bond acceptors (Lipinski definition) is 7. The molecular weight excluding hydrogens is 256 g/mol. The minimum Gasteiger partial charge on any atom is -0.396 e. The standard InChI is InChI=1S/C4H10O2.H2O7S2/c1-4(2-5)3-6;1-8(2,3)7-9(4,5)6/h4-6H,2-3H2,1H3;(H,1,2,3)(H,4,5,6). The highest BCUT2D eigenvalue weighted by atomic mass is 32.3. The first-order valence-corrected chi connectivity index (χ1v) is 6.12. The molecule has 0 spiro atoms. The van der Waals surface area contributed by atoms with Crippen molar-refractivity contribution in [3.63, 3.8) is 0 Å². The van der Waals surface area contributed by atoms with Crippen molar-refractivity contribution in [3.05, 3.63) is 0 Å². The number of aliphatic hydroxyl groups is 2. The van der Waals surface area contributed by atoms with Gasteiger partial charge in [-0.1, -0.05) is 6.92 Å². The van der Waals surface area contributed by atoms with Crippen LogP contribution in [0.3, 0.4) is 0 Å². The molecule has 0 amide bonds. The zero-order valence-corrected chi connectivity index (χ0v) is 9.27.